The molecule has 3 aromatic carbocycles. The molecule has 0 saturated carbocycles. The Morgan fingerprint density at radius 2 is 1.83 bits per heavy atom. The summed E-state index contributed by atoms with van der Waals surface area (Å²) in [6.45, 7) is 1.76. The second kappa shape index (κ2) is 9.75. The monoisotopic (exact) mass is 499 g/mol. The fourth-order valence-electron chi connectivity index (χ4n) is 4.18. The number of rotatable bonds is 5. The molecule has 1 aliphatic rings. The molecule has 2 heterocycles. The molecule has 6 nitrogen and oxygen atoms in total. The SMILES string of the molecule is COc1ccc(C2C(C(=O)Nc3ccccc3)=C(C)N=c3s/c(=C/c4cccc(F)c4)c(=O)n32)cc1. The number of halogens is 1. The first-order valence-electron chi connectivity index (χ1n) is 11.2. The Morgan fingerprint density at radius 1 is 1.08 bits per heavy atom. The molecule has 5 rings (SSSR count). The van der Waals surface area contributed by atoms with Crippen molar-refractivity contribution in [1.29, 1.82) is 0 Å². The molecule has 1 amide bonds. The van der Waals surface area contributed by atoms with Gasteiger partial charge in [0.25, 0.3) is 11.5 Å². The summed E-state index contributed by atoms with van der Waals surface area (Å²) in [5, 5.41) is 2.92. The zero-order valence-electron chi connectivity index (χ0n) is 19.6. The number of nitrogens with zero attached hydrogens (tertiary/aromatic N) is 2. The molecule has 1 N–H and O–H groups in total. The first kappa shape index (κ1) is 23.4. The lowest BCUT2D eigenvalue weighted by atomic mass is 9.95. The van der Waals surface area contributed by atoms with E-state index in [4.69, 9.17) is 4.74 Å². The number of thiazole rings is 1. The summed E-state index contributed by atoms with van der Waals surface area (Å²) in [6.07, 6.45) is 1.64. The lowest BCUT2D eigenvalue weighted by Gasteiger charge is -2.25. The lowest BCUT2D eigenvalue weighted by molar-refractivity contribution is -0.113. The molecule has 1 atom stereocenters. The van der Waals surface area contributed by atoms with Crippen LogP contribution in [0.1, 0.15) is 24.1 Å². The zero-order valence-corrected chi connectivity index (χ0v) is 20.4. The topological polar surface area (TPSA) is 72.7 Å². The van der Waals surface area contributed by atoms with E-state index in [0.717, 1.165) is 5.56 Å². The molecule has 180 valence electrons. The number of fused-ring (bicyclic) bond motifs is 1. The Bertz CT molecular complexity index is 1650. The molecular formula is C28H22FN3O3S. The highest BCUT2D eigenvalue weighted by Gasteiger charge is 2.32. The third-order valence-corrected chi connectivity index (χ3v) is 6.86. The smallest absolute Gasteiger partial charge is 0.271 e. The summed E-state index contributed by atoms with van der Waals surface area (Å²) in [6, 6.07) is 21.7. The van der Waals surface area contributed by atoms with E-state index in [-0.39, 0.29) is 17.3 Å². The first-order valence-corrected chi connectivity index (χ1v) is 12.0. The predicted molar refractivity (Wildman–Crippen MR) is 138 cm³/mol. The fraction of sp³-hybridized carbons (Fsp3) is 0.107. The average Bonchev–Trinajstić information content (AvgIpc) is 3.18. The number of ether oxygens (including phenoxy) is 1. The van der Waals surface area contributed by atoms with Crippen molar-refractivity contribution in [3.8, 4) is 5.75 Å². The number of para-hydroxylation sites is 1. The molecule has 1 aromatic heterocycles. The summed E-state index contributed by atoms with van der Waals surface area (Å²) >= 11 is 1.21. The third-order valence-electron chi connectivity index (χ3n) is 5.88. The van der Waals surface area contributed by atoms with Crippen LogP contribution in [0.25, 0.3) is 6.08 Å². The van der Waals surface area contributed by atoms with Gasteiger partial charge in [0.2, 0.25) is 0 Å². The number of anilines is 1. The van der Waals surface area contributed by atoms with Crippen molar-refractivity contribution in [1.82, 2.24) is 4.57 Å². The largest absolute Gasteiger partial charge is 0.497 e. The van der Waals surface area contributed by atoms with E-state index in [1.165, 1.54) is 28.0 Å². The zero-order chi connectivity index (χ0) is 25.2. The highest BCUT2D eigenvalue weighted by molar-refractivity contribution is 7.07. The van der Waals surface area contributed by atoms with Gasteiger partial charge in [0.05, 0.1) is 29.0 Å². The number of aromatic nitrogens is 1. The summed E-state index contributed by atoms with van der Waals surface area (Å²) in [7, 11) is 1.58. The molecule has 0 fully saturated rings. The van der Waals surface area contributed by atoms with Gasteiger partial charge >= 0.3 is 0 Å². The van der Waals surface area contributed by atoms with Gasteiger partial charge in [0, 0.05) is 5.69 Å². The molecule has 36 heavy (non-hydrogen) atoms. The van der Waals surface area contributed by atoms with Gasteiger partial charge < -0.3 is 10.1 Å². The number of methoxy groups -OCH3 is 1. The highest BCUT2D eigenvalue weighted by atomic mass is 32.1. The van der Waals surface area contributed by atoms with Gasteiger partial charge in [-0.3, -0.25) is 14.2 Å². The van der Waals surface area contributed by atoms with Crippen molar-refractivity contribution in [2.75, 3.05) is 12.4 Å². The Kier molecular flexibility index (Phi) is 6.35. The minimum absolute atomic E-state index is 0.304. The van der Waals surface area contributed by atoms with Crippen molar-refractivity contribution >= 4 is 29.0 Å². The van der Waals surface area contributed by atoms with E-state index >= 15 is 0 Å². The fourth-order valence-corrected chi connectivity index (χ4v) is 5.23. The highest BCUT2D eigenvalue weighted by Crippen LogP contribution is 2.31. The van der Waals surface area contributed by atoms with Crippen LogP contribution in [0.5, 0.6) is 5.75 Å². The van der Waals surface area contributed by atoms with E-state index in [1.54, 1.807) is 56.5 Å². The molecule has 0 bridgehead atoms. The summed E-state index contributed by atoms with van der Waals surface area (Å²) in [5.41, 5.74) is 2.53. The van der Waals surface area contributed by atoms with Gasteiger partial charge in [-0.2, -0.15) is 0 Å². The number of amides is 1. The molecule has 0 radical (unpaired) electrons. The van der Waals surface area contributed by atoms with Crippen LogP contribution in [-0.4, -0.2) is 17.6 Å². The van der Waals surface area contributed by atoms with Crippen molar-refractivity contribution < 1.29 is 13.9 Å². The minimum Gasteiger partial charge on any atom is -0.497 e. The molecule has 0 spiro atoms. The first-order chi connectivity index (χ1) is 17.4. The number of carbonyl (C=O) groups is 1. The lowest BCUT2D eigenvalue weighted by Crippen LogP contribution is -2.40. The third kappa shape index (κ3) is 4.50. The van der Waals surface area contributed by atoms with E-state index < -0.39 is 6.04 Å². The minimum atomic E-state index is -0.703. The van der Waals surface area contributed by atoms with Crippen LogP contribution in [0.2, 0.25) is 0 Å². The molecule has 0 saturated heterocycles. The Morgan fingerprint density at radius 3 is 2.53 bits per heavy atom. The second-order valence-electron chi connectivity index (χ2n) is 8.23. The van der Waals surface area contributed by atoms with Gasteiger partial charge in [-0.25, -0.2) is 9.38 Å². The maximum Gasteiger partial charge on any atom is 0.271 e. The normalized spacial score (nSPS) is 15.3. The number of carbonyl (C=O) groups excluding carboxylic acids is 1. The molecule has 4 aromatic rings. The molecule has 0 aliphatic carbocycles. The van der Waals surface area contributed by atoms with Crippen molar-refractivity contribution in [3.05, 3.63) is 127 Å². The van der Waals surface area contributed by atoms with Gasteiger partial charge in [-0.15, -0.1) is 0 Å². The van der Waals surface area contributed by atoms with E-state index in [9.17, 15) is 14.0 Å². The Labute approximate surface area is 210 Å². The summed E-state index contributed by atoms with van der Waals surface area (Å²) in [4.78, 5) is 32.3. The van der Waals surface area contributed by atoms with Crippen LogP contribution in [0, 0.1) is 5.82 Å². The van der Waals surface area contributed by atoms with Crippen LogP contribution < -0.4 is 24.9 Å². The maximum atomic E-state index is 13.7. The van der Waals surface area contributed by atoms with Gasteiger partial charge in [0.15, 0.2) is 4.80 Å². The molecule has 8 heteroatoms. The van der Waals surface area contributed by atoms with Gasteiger partial charge in [-0.1, -0.05) is 53.8 Å². The Hall–Kier alpha value is -4.30. The van der Waals surface area contributed by atoms with E-state index in [1.807, 2.05) is 30.3 Å². The van der Waals surface area contributed by atoms with Crippen LogP contribution >= 0.6 is 11.3 Å². The summed E-state index contributed by atoms with van der Waals surface area (Å²) < 4.78 is 21.0. The molecule has 1 unspecified atom stereocenters. The number of benzene rings is 3. The van der Waals surface area contributed by atoms with Crippen molar-refractivity contribution in [2.45, 2.75) is 13.0 Å². The van der Waals surface area contributed by atoms with Crippen molar-refractivity contribution in [2.24, 2.45) is 4.99 Å². The number of nitrogens with one attached hydrogen (secondary N) is 1. The standard InChI is InChI=1S/C28H22FN3O3S/c1-17-24(26(33)31-21-9-4-3-5-10-21)25(19-11-13-22(35-2)14-12-19)32-27(34)23(36-28(32)30-17)16-18-7-6-8-20(29)15-18/h3-16,25H,1-2H3,(H,31,33)/b23-16+. The van der Waals surface area contributed by atoms with Crippen LogP contribution in [0.15, 0.2) is 99.9 Å². The molecular weight excluding hydrogens is 477 g/mol. The van der Waals surface area contributed by atoms with Gasteiger partial charge in [0.1, 0.15) is 11.6 Å². The van der Waals surface area contributed by atoms with E-state index in [2.05, 4.69) is 10.3 Å². The quantitative estimate of drug-likeness (QED) is 0.451. The molecule has 1 aliphatic heterocycles. The second-order valence-corrected chi connectivity index (χ2v) is 9.24. The summed E-state index contributed by atoms with van der Waals surface area (Å²) in [5.74, 6) is -0.0701. The van der Waals surface area contributed by atoms with E-state index in [0.29, 0.717) is 37.6 Å². The van der Waals surface area contributed by atoms with Gasteiger partial charge in [-0.05, 0) is 60.5 Å². The number of hydrogen-bond donors (Lipinski definition) is 1. The average molecular weight is 500 g/mol. The predicted octanol–water partition coefficient (Wildman–Crippen LogP) is 4.02. The van der Waals surface area contributed by atoms with Crippen LogP contribution in [0.3, 0.4) is 0 Å². The number of allylic oxidation sites excluding steroid dienone is 1. The Balaban J connectivity index is 1.68. The maximum absolute atomic E-state index is 13.7. The van der Waals surface area contributed by atoms with Crippen LogP contribution in [-0.2, 0) is 4.79 Å². The number of hydrogen-bond acceptors (Lipinski definition) is 5. The van der Waals surface area contributed by atoms with Crippen molar-refractivity contribution in [3.63, 3.8) is 0 Å². The van der Waals surface area contributed by atoms with Crippen LogP contribution in [0.4, 0.5) is 10.1 Å².